The zero-order valence-electron chi connectivity index (χ0n) is 8.56. The minimum absolute atomic E-state index is 0.183. The van der Waals surface area contributed by atoms with Gasteiger partial charge in [-0.3, -0.25) is 0 Å². The van der Waals surface area contributed by atoms with Gasteiger partial charge in [-0.15, -0.1) is 0 Å². The van der Waals surface area contributed by atoms with Gasteiger partial charge in [-0.25, -0.2) is 0 Å². The van der Waals surface area contributed by atoms with Crippen molar-refractivity contribution in [2.45, 2.75) is 65.1 Å². The van der Waals surface area contributed by atoms with Crippen molar-refractivity contribution in [3.63, 3.8) is 0 Å². The van der Waals surface area contributed by atoms with Crippen LogP contribution in [0, 0.1) is 0 Å². The molecule has 0 spiro atoms. The molecule has 0 aromatic rings. The van der Waals surface area contributed by atoms with Crippen molar-refractivity contribution < 1.29 is 13.5 Å². The predicted molar refractivity (Wildman–Crippen MR) is 49.9 cm³/mol. The van der Waals surface area contributed by atoms with Crippen LogP contribution < -0.4 is 0 Å². The maximum Gasteiger partial charge on any atom is 0.345 e. The van der Waals surface area contributed by atoms with Crippen LogP contribution in [0.4, 0.5) is 8.78 Å². The molecule has 1 nitrogen and oxygen atoms in total. The molecule has 1 saturated carbocycles. The largest absolute Gasteiger partial charge is 0.345 e. The maximum absolute atomic E-state index is 11.7. The van der Waals surface area contributed by atoms with E-state index in [1.54, 1.807) is 0 Å². The summed E-state index contributed by atoms with van der Waals surface area (Å²) in [6.07, 6.45) is 5.85. The van der Waals surface area contributed by atoms with Crippen LogP contribution >= 0.6 is 0 Å². The molecule has 1 rings (SSSR count). The fraction of sp³-hybridized carbons (Fsp3) is 1.00. The van der Waals surface area contributed by atoms with Gasteiger partial charge in [0.2, 0.25) is 0 Å². The molecule has 0 aromatic heterocycles. The molecule has 0 aliphatic heterocycles. The highest BCUT2D eigenvalue weighted by atomic mass is 19.3. The van der Waals surface area contributed by atoms with Gasteiger partial charge in [-0.2, -0.15) is 8.78 Å². The lowest BCUT2D eigenvalue weighted by Crippen LogP contribution is -2.15. The number of ether oxygens (including phenoxy) is 1. The molecule has 13 heavy (non-hydrogen) atoms. The van der Waals surface area contributed by atoms with E-state index in [2.05, 4.69) is 4.74 Å². The van der Waals surface area contributed by atoms with Crippen molar-refractivity contribution in [2.24, 2.45) is 0 Å². The number of rotatable bonds is 2. The Hall–Kier alpha value is -0.180. The molecule has 0 atom stereocenters. The van der Waals surface area contributed by atoms with Crippen molar-refractivity contribution in [3.8, 4) is 0 Å². The Bertz CT molecular complexity index is 99.1. The normalized spacial score (nSPS) is 19.2. The molecule has 1 aliphatic rings. The molecule has 0 unspecified atom stereocenters. The molecule has 0 radical (unpaired) electrons. The molecule has 0 heterocycles. The van der Waals surface area contributed by atoms with E-state index in [0.717, 1.165) is 25.7 Å². The highest BCUT2D eigenvalue weighted by Crippen LogP contribution is 2.21. The van der Waals surface area contributed by atoms with Crippen LogP contribution in [0.2, 0.25) is 0 Å². The van der Waals surface area contributed by atoms with Crippen molar-refractivity contribution >= 4 is 0 Å². The van der Waals surface area contributed by atoms with Gasteiger partial charge >= 0.3 is 6.61 Å². The number of hydrogen-bond acceptors (Lipinski definition) is 1. The van der Waals surface area contributed by atoms with Crippen LogP contribution in [0.15, 0.2) is 0 Å². The Labute approximate surface area is 79.5 Å². The zero-order chi connectivity index (χ0) is 10.1. The molecule has 0 saturated heterocycles. The summed E-state index contributed by atoms with van der Waals surface area (Å²) in [7, 11) is 0. The second kappa shape index (κ2) is 8.42. The highest BCUT2D eigenvalue weighted by Gasteiger charge is 2.16. The first-order valence-electron chi connectivity index (χ1n) is 5.22. The second-order valence-corrected chi connectivity index (χ2v) is 3.01. The maximum atomic E-state index is 11.7. The number of halogens is 2. The average Bonchev–Trinajstić information content (AvgIpc) is 2.36. The van der Waals surface area contributed by atoms with E-state index in [-0.39, 0.29) is 6.10 Å². The molecule has 0 amide bonds. The van der Waals surface area contributed by atoms with Gasteiger partial charge in [0.25, 0.3) is 0 Å². The van der Waals surface area contributed by atoms with Gasteiger partial charge in [-0.05, 0) is 12.8 Å². The summed E-state index contributed by atoms with van der Waals surface area (Å²) in [5.41, 5.74) is 0. The van der Waals surface area contributed by atoms with E-state index in [0.29, 0.717) is 0 Å². The predicted octanol–water partition coefficient (Wildman–Crippen LogP) is 3.97. The molecule has 3 heteroatoms. The quantitative estimate of drug-likeness (QED) is 0.604. The van der Waals surface area contributed by atoms with E-state index < -0.39 is 6.61 Å². The van der Waals surface area contributed by atoms with Gasteiger partial charge in [0.1, 0.15) is 0 Å². The fourth-order valence-electron chi connectivity index (χ4n) is 1.52. The Balaban J connectivity index is 0.000000671. The second-order valence-electron chi connectivity index (χ2n) is 3.01. The summed E-state index contributed by atoms with van der Waals surface area (Å²) in [5.74, 6) is 0. The molecule has 1 aliphatic carbocycles. The van der Waals surface area contributed by atoms with Crippen LogP contribution in [0.1, 0.15) is 52.4 Å². The van der Waals surface area contributed by atoms with Crippen molar-refractivity contribution in [3.05, 3.63) is 0 Å². The van der Waals surface area contributed by atoms with E-state index in [9.17, 15) is 8.78 Å². The minimum atomic E-state index is -2.59. The van der Waals surface area contributed by atoms with Crippen LogP contribution in [-0.4, -0.2) is 12.7 Å². The Morgan fingerprint density at radius 2 is 1.46 bits per heavy atom. The molecule has 1 fully saturated rings. The monoisotopic (exact) mass is 194 g/mol. The molecule has 0 N–H and O–H groups in total. The third-order valence-corrected chi connectivity index (χ3v) is 2.10. The van der Waals surface area contributed by atoms with Crippen molar-refractivity contribution in [2.75, 3.05) is 0 Å². The first-order valence-corrected chi connectivity index (χ1v) is 5.22. The topological polar surface area (TPSA) is 9.23 Å². The summed E-state index contributed by atoms with van der Waals surface area (Å²) < 4.78 is 27.9. The first kappa shape index (κ1) is 12.8. The molecule has 80 valence electrons. The number of alkyl halides is 2. The molecular weight excluding hydrogens is 174 g/mol. The van der Waals surface area contributed by atoms with E-state index in [4.69, 9.17) is 0 Å². The third-order valence-electron chi connectivity index (χ3n) is 2.10. The lowest BCUT2D eigenvalue weighted by Gasteiger charge is -2.13. The van der Waals surface area contributed by atoms with Gasteiger partial charge < -0.3 is 4.74 Å². The van der Waals surface area contributed by atoms with Gasteiger partial charge in [0, 0.05) is 0 Å². The molecule has 0 bridgehead atoms. The van der Waals surface area contributed by atoms with Crippen molar-refractivity contribution in [1.29, 1.82) is 0 Å². The Morgan fingerprint density at radius 3 is 1.85 bits per heavy atom. The zero-order valence-corrected chi connectivity index (χ0v) is 8.56. The summed E-state index contributed by atoms with van der Waals surface area (Å²) in [4.78, 5) is 0. The lowest BCUT2D eigenvalue weighted by molar-refractivity contribution is -0.165. The van der Waals surface area contributed by atoms with Gasteiger partial charge in [0.15, 0.2) is 0 Å². The molecule has 0 aromatic carbocycles. The van der Waals surface area contributed by atoms with E-state index in [1.807, 2.05) is 13.8 Å². The third kappa shape index (κ3) is 6.94. The summed E-state index contributed by atoms with van der Waals surface area (Å²) in [6.45, 7) is 1.41. The van der Waals surface area contributed by atoms with E-state index >= 15 is 0 Å². The Kier molecular flexibility index (Phi) is 8.30. The summed E-state index contributed by atoms with van der Waals surface area (Å²) >= 11 is 0. The first-order chi connectivity index (χ1) is 6.29. The lowest BCUT2D eigenvalue weighted by atomic mass is 10.2. The van der Waals surface area contributed by atoms with Gasteiger partial charge in [-0.1, -0.05) is 39.5 Å². The standard InChI is InChI=1S/C8H14F2O.C2H6/c9-8(10)11-7-5-3-1-2-4-6-7;1-2/h7-8H,1-6H2;1-2H3. The van der Waals surface area contributed by atoms with E-state index in [1.165, 1.54) is 12.8 Å². The smallest absolute Gasteiger partial charge is 0.320 e. The van der Waals surface area contributed by atoms with Crippen LogP contribution in [0.5, 0.6) is 0 Å². The SMILES string of the molecule is CC.FC(F)OC1CCCCCC1. The average molecular weight is 194 g/mol. The number of hydrogen-bond donors (Lipinski definition) is 0. The van der Waals surface area contributed by atoms with Crippen LogP contribution in [-0.2, 0) is 4.74 Å². The summed E-state index contributed by atoms with van der Waals surface area (Å²) in [6, 6.07) is 0. The molecular formula is C10H20F2O. The highest BCUT2D eigenvalue weighted by molar-refractivity contribution is 4.63. The minimum Gasteiger partial charge on any atom is -0.320 e. The Morgan fingerprint density at radius 1 is 1.00 bits per heavy atom. The van der Waals surface area contributed by atoms with Gasteiger partial charge in [0.05, 0.1) is 6.10 Å². The van der Waals surface area contributed by atoms with Crippen molar-refractivity contribution in [1.82, 2.24) is 0 Å². The summed E-state index contributed by atoms with van der Waals surface area (Å²) in [5, 5.41) is 0. The van der Waals surface area contributed by atoms with Crippen LogP contribution in [0.25, 0.3) is 0 Å². The van der Waals surface area contributed by atoms with Crippen LogP contribution in [0.3, 0.4) is 0 Å². The fourth-order valence-corrected chi connectivity index (χ4v) is 1.52.